The van der Waals surface area contributed by atoms with E-state index in [4.69, 9.17) is 14.5 Å². The molecule has 2 saturated heterocycles. The maximum absolute atomic E-state index is 5.77. The standard InChI is InChI=1S/C22H30N4O2/c1-2-7-19-18(6-1)23-21-20(24-9-13-27-14-10-24)17-5-3-4-8-22(17,26(19)21)25-11-15-28-16-12-25/h1-2,6-7,17,20H,3-5,8-16H2/p+2/t17-,20-,22-/m0/s1. The minimum atomic E-state index is 0.156. The number of morpholine rings is 2. The van der Waals surface area contributed by atoms with Crippen LogP contribution in [0.4, 0.5) is 0 Å². The van der Waals surface area contributed by atoms with Gasteiger partial charge in [0.05, 0.1) is 43.4 Å². The molecule has 0 bridgehead atoms. The van der Waals surface area contributed by atoms with Gasteiger partial charge >= 0.3 is 0 Å². The van der Waals surface area contributed by atoms with E-state index >= 15 is 0 Å². The van der Waals surface area contributed by atoms with Gasteiger partial charge in [0.2, 0.25) is 0 Å². The van der Waals surface area contributed by atoms with Crippen molar-refractivity contribution < 1.29 is 19.3 Å². The van der Waals surface area contributed by atoms with Crippen LogP contribution in [0.25, 0.3) is 11.0 Å². The number of nitrogens with zero attached hydrogens (tertiary/aromatic N) is 2. The molecule has 150 valence electrons. The van der Waals surface area contributed by atoms with E-state index in [1.165, 1.54) is 42.5 Å². The number of benzene rings is 1. The largest absolute Gasteiger partial charge is 0.370 e. The van der Waals surface area contributed by atoms with Gasteiger partial charge in [-0.1, -0.05) is 18.6 Å². The van der Waals surface area contributed by atoms with Crippen molar-refractivity contribution in [2.45, 2.75) is 37.4 Å². The van der Waals surface area contributed by atoms with E-state index in [1.54, 1.807) is 9.80 Å². The van der Waals surface area contributed by atoms with Gasteiger partial charge in [0.25, 0.3) is 0 Å². The van der Waals surface area contributed by atoms with E-state index in [0.29, 0.717) is 12.0 Å². The van der Waals surface area contributed by atoms with Crippen LogP contribution in [0.2, 0.25) is 0 Å². The van der Waals surface area contributed by atoms with Crippen LogP contribution in [-0.2, 0) is 15.1 Å². The molecule has 3 atom stereocenters. The molecule has 2 N–H and O–H groups in total. The number of para-hydroxylation sites is 2. The topological polar surface area (TPSA) is 45.2 Å². The Bertz CT molecular complexity index is 855. The highest BCUT2D eigenvalue weighted by atomic mass is 16.5. The Morgan fingerprint density at radius 1 is 0.964 bits per heavy atom. The molecule has 0 amide bonds. The lowest BCUT2D eigenvalue weighted by molar-refractivity contribution is -0.995. The second-order valence-electron chi connectivity index (χ2n) is 9.03. The van der Waals surface area contributed by atoms with Crippen molar-refractivity contribution in [2.24, 2.45) is 5.92 Å². The van der Waals surface area contributed by atoms with Gasteiger partial charge in [-0.05, 0) is 25.0 Å². The Kier molecular flexibility index (Phi) is 4.22. The molecule has 4 heterocycles. The van der Waals surface area contributed by atoms with Gasteiger partial charge < -0.3 is 19.3 Å². The molecule has 0 spiro atoms. The van der Waals surface area contributed by atoms with Gasteiger partial charge in [0, 0.05) is 6.42 Å². The highest BCUT2D eigenvalue weighted by Gasteiger charge is 2.64. The summed E-state index contributed by atoms with van der Waals surface area (Å²) in [5.41, 5.74) is 2.67. The first kappa shape index (κ1) is 17.4. The van der Waals surface area contributed by atoms with Crippen LogP contribution in [0.15, 0.2) is 24.3 Å². The lowest BCUT2D eigenvalue weighted by Gasteiger charge is -2.47. The molecule has 28 heavy (non-hydrogen) atoms. The molecule has 2 aromatic rings. The van der Waals surface area contributed by atoms with E-state index in [0.717, 1.165) is 52.6 Å². The van der Waals surface area contributed by atoms with Gasteiger partial charge in [-0.3, -0.25) is 4.57 Å². The van der Waals surface area contributed by atoms with Crippen LogP contribution in [0, 0.1) is 5.92 Å². The Morgan fingerprint density at radius 2 is 1.71 bits per heavy atom. The van der Waals surface area contributed by atoms with Crippen molar-refractivity contribution >= 4 is 11.0 Å². The van der Waals surface area contributed by atoms with Gasteiger partial charge in [-0.2, -0.15) is 0 Å². The SMILES string of the molecule is c1ccc2c(c1)nc1n2[C@@]2([NH+]3CCOCC3)CCCC[C@H]2[C@@H]1[NH+]1CCOCC1. The van der Waals surface area contributed by atoms with Crippen molar-refractivity contribution in [3.63, 3.8) is 0 Å². The zero-order valence-corrected chi connectivity index (χ0v) is 16.7. The Hall–Kier alpha value is -1.47. The molecular weight excluding hydrogens is 352 g/mol. The molecule has 1 aromatic heterocycles. The summed E-state index contributed by atoms with van der Waals surface area (Å²) in [7, 11) is 0. The van der Waals surface area contributed by atoms with Gasteiger partial charge in [0.15, 0.2) is 17.5 Å². The molecule has 6 nitrogen and oxygen atoms in total. The zero-order valence-electron chi connectivity index (χ0n) is 16.7. The zero-order chi connectivity index (χ0) is 18.6. The molecule has 1 aliphatic carbocycles. The minimum Gasteiger partial charge on any atom is -0.370 e. The summed E-state index contributed by atoms with van der Waals surface area (Å²) in [6.45, 7) is 8.01. The lowest BCUT2D eigenvalue weighted by atomic mass is 9.75. The number of fused-ring (bicyclic) bond motifs is 5. The van der Waals surface area contributed by atoms with Crippen LogP contribution >= 0.6 is 0 Å². The fourth-order valence-corrected chi connectivity index (χ4v) is 6.81. The third kappa shape index (κ3) is 2.38. The summed E-state index contributed by atoms with van der Waals surface area (Å²) < 4.78 is 14.2. The van der Waals surface area contributed by atoms with Crippen LogP contribution in [-0.4, -0.2) is 62.2 Å². The number of nitrogens with one attached hydrogen (secondary N) is 2. The molecule has 3 aliphatic heterocycles. The van der Waals surface area contributed by atoms with E-state index in [-0.39, 0.29) is 5.66 Å². The van der Waals surface area contributed by atoms with Gasteiger partial charge in [-0.25, -0.2) is 4.98 Å². The van der Waals surface area contributed by atoms with E-state index in [2.05, 4.69) is 28.8 Å². The predicted octanol–water partition coefficient (Wildman–Crippen LogP) is -0.236. The number of hydrogen-bond acceptors (Lipinski definition) is 3. The summed E-state index contributed by atoms with van der Waals surface area (Å²) in [4.78, 5) is 8.71. The highest BCUT2D eigenvalue weighted by Crippen LogP contribution is 2.49. The first-order valence-corrected chi connectivity index (χ1v) is 11.2. The first-order valence-electron chi connectivity index (χ1n) is 11.2. The molecule has 0 unspecified atom stereocenters. The molecule has 0 radical (unpaired) electrons. The number of ether oxygens (including phenoxy) is 2. The lowest BCUT2D eigenvalue weighted by Crippen LogP contribution is -3.23. The summed E-state index contributed by atoms with van der Waals surface area (Å²) in [5, 5.41) is 0. The van der Waals surface area contributed by atoms with Crippen LogP contribution in [0.5, 0.6) is 0 Å². The molecule has 6 heteroatoms. The third-order valence-electron chi connectivity index (χ3n) is 7.89. The Morgan fingerprint density at radius 3 is 2.54 bits per heavy atom. The number of rotatable bonds is 2. The Labute approximate surface area is 166 Å². The third-order valence-corrected chi connectivity index (χ3v) is 7.89. The molecule has 1 aromatic carbocycles. The van der Waals surface area contributed by atoms with Crippen molar-refractivity contribution in [1.82, 2.24) is 9.55 Å². The predicted molar refractivity (Wildman–Crippen MR) is 105 cm³/mol. The fourth-order valence-electron chi connectivity index (χ4n) is 6.81. The fraction of sp³-hybridized carbons (Fsp3) is 0.682. The monoisotopic (exact) mass is 384 g/mol. The van der Waals surface area contributed by atoms with Crippen LogP contribution in [0.1, 0.15) is 37.5 Å². The van der Waals surface area contributed by atoms with Crippen molar-refractivity contribution in [3.05, 3.63) is 30.1 Å². The second kappa shape index (κ2) is 6.80. The quantitative estimate of drug-likeness (QED) is 0.752. The minimum absolute atomic E-state index is 0.156. The molecule has 3 fully saturated rings. The Balaban J connectivity index is 1.56. The average molecular weight is 385 g/mol. The van der Waals surface area contributed by atoms with Crippen molar-refractivity contribution in [1.29, 1.82) is 0 Å². The van der Waals surface area contributed by atoms with Crippen LogP contribution in [0.3, 0.4) is 0 Å². The van der Waals surface area contributed by atoms with E-state index in [9.17, 15) is 0 Å². The van der Waals surface area contributed by atoms with Gasteiger partial charge in [-0.15, -0.1) is 0 Å². The smallest absolute Gasteiger partial charge is 0.187 e. The number of quaternary nitrogens is 2. The molecule has 1 saturated carbocycles. The van der Waals surface area contributed by atoms with Crippen molar-refractivity contribution in [2.75, 3.05) is 52.6 Å². The first-order chi connectivity index (χ1) is 13.9. The maximum Gasteiger partial charge on any atom is 0.187 e. The summed E-state index contributed by atoms with van der Waals surface area (Å²) >= 11 is 0. The summed E-state index contributed by atoms with van der Waals surface area (Å²) in [6, 6.07) is 9.33. The van der Waals surface area contributed by atoms with Crippen molar-refractivity contribution in [3.8, 4) is 0 Å². The van der Waals surface area contributed by atoms with Gasteiger partial charge in [0.1, 0.15) is 26.2 Å². The summed E-state index contributed by atoms with van der Waals surface area (Å²) in [5.74, 6) is 2.03. The number of aromatic nitrogens is 2. The number of imidazole rings is 1. The highest BCUT2D eigenvalue weighted by molar-refractivity contribution is 5.76. The van der Waals surface area contributed by atoms with Crippen LogP contribution < -0.4 is 9.80 Å². The normalized spacial score (nSPS) is 34.4. The second-order valence-corrected chi connectivity index (χ2v) is 9.03. The average Bonchev–Trinajstić information content (AvgIpc) is 3.28. The van der Waals surface area contributed by atoms with E-state index in [1.807, 2.05) is 0 Å². The summed E-state index contributed by atoms with van der Waals surface area (Å²) in [6.07, 6.45) is 5.30. The molecular formula is C22H32N4O2+2. The number of hydrogen-bond donors (Lipinski definition) is 2. The molecule has 6 rings (SSSR count). The molecule has 4 aliphatic rings. The maximum atomic E-state index is 5.77. The van der Waals surface area contributed by atoms with E-state index < -0.39 is 0 Å².